The van der Waals surface area contributed by atoms with Crippen molar-refractivity contribution >= 4 is 17.6 Å². The normalized spacial score (nSPS) is 10.7. The first-order valence-corrected chi connectivity index (χ1v) is 6.49. The molecule has 0 N–H and O–H groups in total. The number of hydrogen-bond donors (Lipinski definition) is 0. The zero-order valence-corrected chi connectivity index (χ0v) is 11.7. The minimum Gasteiger partial charge on any atom is -0.469 e. The summed E-state index contributed by atoms with van der Waals surface area (Å²) in [5.41, 5.74) is 1.28. The number of esters is 1. The molecule has 0 unspecified atom stereocenters. The first-order chi connectivity index (χ1) is 8.61. The fourth-order valence-electron chi connectivity index (χ4n) is 1.68. The first-order valence-electron chi connectivity index (χ1n) is 6.11. The average Bonchev–Trinajstić information content (AvgIpc) is 2.38. The Balaban J connectivity index is 2.18. The van der Waals surface area contributed by atoms with Crippen LogP contribution in [-0.4, -0.2) is 38.1 Å². The van der Waals surface area contributed by atoms with Crippen LogP contribution in [0.1, 0.15) is 18.4 Å². The van der Waals surface area contributed by atoms with Gasteiger partial charge in [-0.15, -0.1) is 0 Å². The molecule has 1 rings (SSSR count). The van der Waals surface area contributed by atoms with E-state index < -0.39 is 0 Å². The van der Waals surface area contributed by atoms with Gasteiger partial charge in [0.25, 0.3) is 0 Å². The molecule has 3 nitrogen and oxygen atoms in total. The van der Waals surface area contributed by atoms with E-state index >= 15 is 0 Å². The zero-order valence-electron chi connectivity index (χ0n) is 11.0. The summed E-state index contributed by atoms with van der Waals surface area (Å²) in [5, 5.41) is 0.769. The molecular weight excluding hydrogens is 250 g/mol. The number of methoxy groups -OCH3 is 1. The van der Waals surface area contributed by atoms with Gasteiger partial charge in [-0.3, -0.25) is 4.79 Å². The highest BCUT2D eigenvalue weighted by molar-refractivity contribution is 6.30. The molecular formula is C14H20ClNO2. The van der Waals surface area contributed by atoms with Gasteiger partial charge in [-0.2, -0.15) is 0 Å². The van der Waals surface area contributed by atoms with Gasteiger partial charge in [0, 0.05) is 18.0 Å². The molecule has 0 bridgehead atoms. The minimum atomic E-state index is -0.138. The molecule has 0 spiro atoms. The molecule has 0 fully saturated rings. The van der Waals surface area contributed by atoms with Gasteiger partial charge >= 0.3 is 5.97 Å². The van der Waals surface area contributed by atoms with Crippen molar-refractivity contribution in [1.82, 2.24) is 4.90 Å². The Morgan fingerprint density at radius 3 is 2.56 bits per heavy atom. The van der Waals surface area contributed by atoms with Crippen molar-refractivity contribution in [2.24, 2.45) is 0 Å². The smallest absolute Gasteiger partial charge is 0.305 e. The number of hydrogen-bond acceptors (Lipinski definition) is 3. The van der Waals surface area contributed by atoms with Gasteiger partial charge in [0.2, 0.25) is 0 Å². The number of carbonyl (C=O) groups is 1. The van der Waals surface area contributed by atoms with Crippen LogP contribution in [0.3, 0.4) is 0 Å². The van der Waals surface area contributed by atoms with Gasteiger partial charge in [0.15, 0.2) is 0 Å². The Morgan fingerprint density at radius 2 is 1.94 bits per heavy atom. The van der Waals surface area contributed by atoms with E-state index in [9.17, 15) is 4.79 Å². The molecule has 4 heteroatoms. The van der Waals surface area contributed by atoms with Crippen molar-refractivity contribution in [3.63, 3.8) is 0 Å². The molecule has 0 aromatic heterocycles. The minimum absolute atomic E-state index is 0.138. The van der Waals surface area contributed by atoms with E-state index in [-0.39, 0.29) is 5.97 Å². The van der Waals surface area contributed by atoms with Crippen molar-refractivity contribution in [2.75, 3.05) is 27.2 Å². The standard InChI is InChI=1S/C14H20ClNO2/c1-16(10-3-4-14(17)18-2)11-9-12-5-7-13(15)8-6-12/h5-8H,3-4,9-11H2,1-2H3. The molecule has 0 aliphatic heterocycles. The number of likely N-dealkylation sites (N-methyl/N-ethyl adjacent to an activating group) is 1. The summed E-state index contributed by atoms with van der Waals surface area (Å²) in [7, 11) is 3.49. The largest absolute Gasteiger partial charge is 0.469 e. The van der Waals surface area contributed by atoms with Crippen LogP contribution in [0.15, 0.2) is 24.3 Å². The quantitative estimate of drug-likeness (QED) is 0.713. The van der Waals surface area contributed by atoms with Crippen molar-refractivity contribution in [3.05, 3.63) is 34.9 Å². The first kappa shape index (κ1) is 15.0. The van der Waals surface area contributed by atoms with Crippen LogP contribution in [-0.2, 0) is 16.0 Å². The molecule has 0 saturated heterocycles. The van der Waals surface area contributed by atoms with Crippen molar-refractivity contribution in [2.45, 2.75) is 19.3 Å². The Morgan fingerprint density at radius 1 is 1.28 bits per heavy atom. The molecule has 100 valence electrons. The third kappa shape index (κ3) is 6.03. The summed E-state index contributed by atoms with van der Waals surface area (Å²) in [6.45, 7) is 1.88. The molecule has 18 heavy (non-hydrogen) atoms. The Hall–Kier alpha value is -1.06. The van der Waals surface area contributed by atoms with Gasteiger partial charge in [-0.1, -0.05) is 23.7 Å². The number of nitrogens with zero attached hydrogens (tertiary/aromatic N) is 1. The molecule has 1 aromatic rings. The van der Waals surface area contributed by atoms with Crippen molar-refractivity contribution in [3.8, 4) is 0 Å². The predicted octanol–water partition coefficient (Wildman–Crippen LogP) is 2.77. The number of carbonyl (C=O) groups excluding carboxylic acids is 1. The number of benzene rings is 1. The zero-order chi connectivity index (χ0) is 13.4. The van der Waals surface area contributed by atoms with Crippen molar-refractivity contribution in [1.29, 1.82) is 0 Å². The van der Waals surface area contributed by atoms with Gasteiger partial charge in [0.1, 0.15) is 0 Å². The Kier molecular flexibility index (Phi) is 6.76. The average molecular weight is 270 g/mol. The summed E-state index contributed by atoms with van der Waals surface area (Å²) in [5.74, 6) is -0.138. The lowest BCUT2D eigenvalue weighted by molar-refractivity contribution is -0.140. The van der Waals surface area contributed by atoms with E-state index in [1.807, 2.05) is 24.3 Å². The highest BCUT2D eigenvalue weighted by Crippen LogP contribution is 2.10. The lowest BCUT2D eigenvalue weighted by Gasteiger charge is -2.16. The fourth-order valence-corrected chi connectivity index (χ4v) is 1.80. The lowest BCUT2D eigenvalue weighted by Crippen LogP contribution is -2.23. The van der Waals surface area contributed by atoms with E-state index in [1.54, 1.807) is 0 Å². The highest BCUT2D eigenvalue weighted by atomic mass is 35.5. The maximum absolute atomic E-state index is 11.0. The molecule has 0 saturated carbocycles. The third-order valence-electron chi connectivity index (χ3n) is 2.84. The second-order valence-corrected chi connectivity index (χ2v) is 4.80. The van der Waals surface area contributed by atoms with E-state index in [1.165, 1.54) is 12.7 Å². The van der Waals surface area contributed by atoms with E-state index in [0.717, 1.165) is 31.0 Å². The highest BCUT2D eigenvalue weighted by Gasteiger charge is 2.03. The summed E-state index contributed by atoms with van der Waals surface area (Å²) >= 11 is 5.83. The SMILES string of the molecule is COC(=O)CCCN(C)CCc1ccc(Cl)cc1. The molecule has 0 atom stereocenters. The summed E-state index contributed by atoms with van der Waals surface area (Å²) in [4.78, 5) is 13.2. The Bertz CT molecular complexity index is 365. The lowest BCUT2D eigenvalue weighted by atomic mass is 10.1. The van der Waals surface area contributed by atoms with Gasteiger partial charge in [-0.05, 0) is 44.1 Å². The van der Waals surface area contributed by atoms with Crippen LogP contribution in [0.2, 0.25) is 5.02 Å². The summed E-state index contributed by atoms with van der Waals surface area (Å²) in [6, 6.07) is 7.91. The van der Waals surface area contributed by atoms with E-state index in [2.05, 4.69) is 16.7 Å². The van der Waals surface area contributed by atoms with Crippen LogP contribution in [0.5, 0.6) is 0 Å². The second-order valence-electron chi connectivity index (χ2n) is 4.36. The molecule has 0 aliphatic rings. The van der Waals surface area contributed by atoms with Crippen LogP contribution < -0.4 is 0 Å². The summed E-state index contributed by atoms with van der Waals surface area (Å²) < 4.78 is 4.60. The summed E-state index contributed by atoms with van der Waals surface area (Å²) in [6.07, 6.45) is 2.32. The molecule has 0 heterocycles. The number of rotatable bonds is 7. The predicted molar refractivity (Wildman–Crippen MR) is 73.9 cm³/mol. The topological polar surface area (TPSA) is 29.5 Å². The van der Waals surface area contributed by atoms with Gasteiger partial charge in [-0.25, -0.2) is 0 Å². The number of halogens is 1. The Labute approximate surface area is 114 Å². The van der Waals surface area contributed by atoms with Gasteiger partial charge < -0.3 is 9.64 Å². The molecule has 0 aliphatic carbocycles. The maximum Gasteiger partial charge on any atom is 0.305 e. The van der Waals surface area contributed by atoms with E-state index in [0.29, 0.717) is 6.42 Å². The molecule has 0 amide bonds. The molecule has 0 radical (unpaired) electrons. The maximum atomic E-state index is 11.0. The third-order valence-corrected chi connectivity index (χ3v) is 3.10. The van der Waals surface area contributed by atoms with Gasteiger partial charge in [0.05, 0.1) is 7.11 Å². The van der Waals surface area contributed by atoms with E-state index in [4.69, 9.17) is 11.6 Å². The fraction of sp³-hybridized carbons (Fsp3) is 0.500. The monoisotopic (exact) mass is 269 g/mol. The second kappa shape index (κ2) is 8.11. The molecule has 1 aromatic carbocycles. The number of ether oxygens (including phenoxy) is 1. The van der Waals surface area contributed by atoms with Crippen LogP contribution in [0.4, 0.5) is 0 Å². The van der Waals surface area contributed by atoms with Crippen molar-refractivity contribution < 1.29 is 9.53 Å². The van der Waals surface area contributed by atoms with Crippen LogP contribution in [0.25, 0.3) is 0 Å². The van der Waals surface area contributed by atoms with Crippen LogP contribution >= 0.6 is 11.6 Å². The van der Waals surface area contributed by atoms with Crippen LogP contribution in [0, 0.1) is 0 Å².